The van der Waals surface area contributed by atoms with Gasteiger partial charge in [-0.3, -0.25) is 9.69 Å². The van der Waals surface area contributed by atoms with Crippen molar-refractivity contribution < 1.29 is 9.53 Å². The van der Waals surface area contributed by atoms with Crippen molar-refractivity contribution in [2.24, 2.45) is 0 Å². The summed E-state index contributed by atoms with van der Waals surface area (Å²) in [6.45, 7) is 6.69. The van der Waals surface area contributed by atoms with Crippen molar-refractivity contribution in [1.29, 1.82) is 0 Å². The first-order chi connectivity index (χ1) is 8.66. The van der Waals surface area contributed by atoms with Crippen LogP contribution in [0.25, 0.3) is 0 Å². The van der Waals surface area contributed by atoms with Crippen LogP contribution in [0, 0.1) is 6.92 Å². The number of nitrogens with one attached hydrogen (secondary N) is 1. The number of ether oxygens (including phenoxy) is 1. The molecule has 2 heterocycles. The smallest absolute Gasteiger partial charge is 0.263 e. The van der Waals surface area contributed by atoms with E-state index in [0.29, 0.717) is 21.6 Å². The Labute approximate surface area is 115 Å². The SMILES string of the molecule is Cc1nc(Cl)sc1C(=O)NCCN1CCOCC1. The van der Waals surface area contributed by atoms with Gasteiger partial charge in [-0.05, 0) is 6.92 Å². The largest absolute Gasteiger partial charge is 0.379 e. The van der Waals surface area contributed by atoms with Gasteiger partial charge in [0.05, 0.1) is 18.9 Å². The predicted molar refractivity (Wildman–Crippen MR) is 71.5 cm³/mol. The third kappa shape index (κ3) is 3.65. The Kier molecular flexibility index (Phi) is 4.94. The number of carbonyl (C=O) groups is 1. The molecule has 0 unspecified atom stereocenters. The summed E-state index contributed by atoms with van der Waals surface area (Å²) in [6.07, 6.45) is 0. The van der Waals surface area contributed by atoms with Crippen LogP contribution in [-0.4, -0.2) is 55.2 Å². The second-order valence-electron chi connectivity index (χ2n) is 4.09. The maximum absolute atomic E-state index is 11.9. The summed E-state index contributed by atoms with van der Waals surface area (Å²) in [5.74, 6) is -0.0924. The highest BCUT2D eigenvalue weighted by atomic mass is 35.5. The van der Waals surface area contributed by atoms with Crippen LogP contribution in [0.1, 0.15) is 15.4 Å². The number of hydrogen-bond donors (Lipinski definition) is 1. The molecule has 1 N–H and O–H groups in total. The number of amides is 1. The van der Waals surface area contributed by atoms with Gasteiger partial charge in [0.1, 0.15) is 4.88 Å². The summed E-state index contributed by atoms with van der Waals surface area (Å²) < 4.78 is 5.67. The van der Waals surface area contributed by atoms with E-state index in [1.54, 1.807) is 6.92 Å². The Morgan fingerprint density at radius 2 is 2.28 bits per heavy atom. The fraction of sp³-hybridized carbons (Fsp3) is 0.636. The molecule has 1 amide bonds. The molecule has 1 aromatic rings. The van der Waals surface area contributed by atoms with Crippen LogP contribution in [0.2, 0.25) is 4.47 Å². The van der Waals surface area contributed by atoms with E-state index >= 15 is 0 Å². The van der Waals surface area contributed by atoms with Crippen LogP contribution < -0.4 is 5.32 Å². The van der Waals surface area contributed by atoms with Crippen LogP contribution in [0.5, 0.6) is 0 Å². The molecule has 1 saturated heterocycles. The fourth-order valence-electron chi connectivity index (χ4n) is 1.81. The molecule has 0 atom stereocenters. The van der Waals surface area contributed by atoms with Crippen LogP contribution in [0.15, 0.2) is 0 Å². The van der Waals surface area contributed by atoms with E-state index in [1.165, 1.54) is 11.3 Å². The first-order valence-electron chi connectivity index (χ1n) is 5.88. The van der Waals surface area contributed by atoms with E-state index in [9.17, 15) is 4.79 Å². The molecule has 1 fully saturated rings. The van der Waals surface area contributed by atoms with Gasteiger partial charge < -0.3 is 10.1 Å². The molecule has 0 saturated carbocycles. The van der Waals surface area contributed by atoms with Crippen LogP contribution in [0.4, 0.5) is 0 Å². The van der Waals surface area contributed by atoms with Gasteiger partial charge in [0, 0.05) is 26.2 Å². The summed E-state index contributed by atoms with van der Waals surface area (Å²) in [7, 11) is 0. The third-order valence-corrected chi connectivity index (χ3v) is 4.05. The van der Waals surface area contributed by atoms with Crippen molar-refractivity contribution in [3.63, 3.8) is 0 Å². The highest BCUT2D eigenvalue weighted by Gasteiger charge is 2.15. The first-order valence-corrected chi connectivity index (χ1v) is 7.07. The van der Waals surface area contributed by atoms with Gasteiger partial charge in [0.15, 0.2) is 4.47 Å². The minimum Gasteiger partial charge on any atom is -0.379 e. The lowest BCUT2D eigenvalue weighted by molar-refractivity contribution is 0.0383. The molecule has 7 heteroatoms. The molecule has 100 valence electrons. The topological polar surface area (TPSA) is 54.5 Å². The maximum atomic E-state index is 11.9. The van der Waals surface area contributed by atoms with Crippen molar-refractivity contribution in [3.05, 3.63) is 15.0 Å². The maximum Gasteiger partial charge on any atom is 0.263 e. The van der Waals surface area contributed by atoms with E-state index in [2.05, 4.69) is 15.2 Å². The second kappa shape index (κ2) is 6.47. The predicted octanol–water partition coefficient (Wildman–Crippen LogP) is 1.17. The number of aryl methyl sites for hydroxylation is 1. The molecule has 0 aliphatic carbocycles. The Morgan fingerprint density at radius 1 is 1.56 bits per heavy atom. The lowest BCUT2D eigenvalue weighted by atomic mass is 10.3. The number of carbonyl (C=O) groups excluding carboxylic acids is 1. The number of morpholine rings is 1. The van der Waals surface area contributed by atoms with Gasteiger partial charge in [-0.25, -0.2) is 4.98 Å². The van der Waals surface area contributed by atoms with E-state index in [-0.39, 0.29) is 5.91 Å². The molecule has 0 radical (unpaired) electrons. The Morgan fingerprint density at radius 3 is 2.89 bits per heavy atom. The number of rotatable bonds is 4. The average Bonchev–Trinajstić information content (AvgIpc) is 2.70. The van der Waals surface area contributed by atoms with Crippen LogP contribution in [-0.2, 0) is 4.74 Å². The number of halogens is 1. The summed E-state index contributed by atoms with van der Waals surface area (Å²) >= 11 is 6.99. The number of nitrogens with zero attached hydrogens (tertiary/aromatic N) is 2. The lowest BCUT2D eigenvalue weighted by Crippen LogP contribution is -2.41. The van der Waals surface area contributed by atoms with Crippen molar-refractivity contribution >= 4 is 28.8 Å². The summed E-state index contributed by atoms with van der Waals surface area (Å²) in [6, 6.07) is 0. The van der Waals surface area contributed by atoms with Gasteiger partial charge in [0.2, 0.25) is 0 Å². The zero-order valence-electron chi connectivity index (χ0n) is 10.2. The lowest BCUT2D eigenvalue weighted by Gasteiger charge is -2.26. The highest BCUT2D eigenvalue weighted by Crippen LogP contribution is 2.21. The van der Waals surface area contributed by atoms with Crippen molar-refractivity contribution in [3.8, 4) is 0 Å². The van der Waals surface area contributed by atoms with Crippen LogP contribution >= 0.6 is 22.9 Å². The van der Waals surface area contributed by atoms with Crippen molar-refractivity contribution in [2.45, 2.75) is 6.92 Å². The average molecular weight is 290 g/mol. The zero-order chi connectivity index (χ0) is 13.0. The molecular formula is C11H16ClN3O2S. The highest BCUT2D eigenvalue weighted by molar-refractivity contribution is 7.17. The zero-order valence-corrected chi connectivity index (χ0v) is 11.8. The summed E-state index contributed by atoms with van der Waals surface area (Å²) in [5.41, 5.74) is 0.689. The number of aromatic nitrogens is 1. The molecule has 0 spiro atoms. The fourth-order valence-corrected chi connectivity index (χ4v) is 2.87. The van der Waals surface area contributed by atoms with E-state index in [4.69, 9.17) is 16.3 Å². The molecule has 1 aliphatic rings. The van der Waals surface area contributed by atoms with E-state index in [1.807, 2.05) is 0 Å². The van der Waals surface area contributed by atoms with E-state index < -0.39 is 0 Å². The molecule has 1 aromatic heterocycles. The summed E-state index contributed by atoms with van der Waals surface area (Å²) in [5, 5.41) is 2.89. The Hall–Kier alpha value is -0.690. The summed E-state index contributed by atoms with van der Waals surface area (Å²) in [4.78, 5) is 18.8. The van der Waals surface area contributed by atoms with Gasteiger partial charge in [-0.2, -0.15) is 0 Å². The van der Waals surface area contributed by atoms with Crippen molar-refractivity contribution in [1.82, 2.24) is 15.2 Å². The van der Waals surface area contributed by atoms with Crippen LogP contribution in [0.3, 0.4) is 0 Å². The van der Waals surface area contributed by atoms with E-state index in [0.717, 1.165) is 32.8 Å². The third-order valence-electron chi connectivity index (χ3n) is 2.79. The standard InChI is InChI=1S/C11H16ClN3O2S/c1-8-9(18-11(12)14-8)10(16)13-2-3-15-4-6-17-7-5-15/h2-7H2,1H3,(H,13,16). The first kappa shape index (κ1) is 13.7. The molecule has 1 aliphatic heterocycles. The molecule has 2 rings (SSSR count). The number of thiazole rings is 1. The van der Waals surface area contributed by atoms with Gasteiger partial charge in [0.25, 0.3) is 5.91 Å². The van der Waals surface area contributed by atoms with Crippen molar-refractivity contribution in [2.75, 3.05) is 39.4 Å². The molecule has 18 heavy (non-hydrogen) atoms. The van der Waals surface area contributed by atoms with Gasteiger partial charge in [-0.15, -0.1) is 0 Å². The molecule has 5 nitrogen and oxygen atoms in total. The molecule has 0 bridgehead atoms. The quantitative estimate of drug-likeness (QED) is 0.904. The Bertz CT molecular complexity index is 418. The molecular weight excluding hydrogens is 274 g/mol. The Balaban J connectivity index is 1.76. The van der Waals surface area contributed by atoms with Gasteiger partial charge in [-0.1, -0.05) is 22.9 Å². The monoisotopic (exact) mass is 289 g/mol. The minimum absolute atomic E-state index is 0.0924. The normalized spacial score (nSPS) is 16.8. The molecule has 0 aromatic carbocycles. The second-order valence-corrected chi connectivity index (χ2v) is 5.67. The minimum atomic E-state index is -0.0924. The number of hydrogen-bond acceptors (Lipinski definition) is 5. The van der Waals surface area contributed by atoms with Gasteiger partial charge >= 0.3 is 0 Å².